The molecule has 0 spiro atoms. The number of nitrogens with zero attached hydrogens (tertiary/aromatic N) is 2. The maximum atomic E-state index is 4.34. The maximum absolute atomic E-state index is 4.34. The minimum atomic E-state index is 0.779. The van der Waals surface area contributed by atoms with Gasteiger partial charge in [-0.2, -0.15) is 0 Å². The zero-order valence-electron chi connectivity index (χ0n) is 23.9. The highest BCUT2D eigenvalue weighted by Gasteiger charge is 2.26. The Labute approximate surface area is 238 Å². The van der Waals surface area contributed by atoms with E-state index in [0.717, 1.165) is 17.9 Å². The van der Waals surface area contributed by atoms with Gasteiger partial charge in [-0.1, -0.05) is 111 Å². The second-order valence-electron chi connectivity index (χ2n) is 9.60. The van der Waals surface area contributed by atoms with E-state index in [2.05, 4.69) is 140 Å². The summed E-state index contributed by atoms with van der Waals surface area (Å²) in [6.07, 6.45) is 6.39. The monoisotopic (exact) mass is 520 g/mol. The summed E-state index contributed by atoms with van der Waals surface area (Å²) in [4.78, 5) is 6.73. The van der Waals surface area contributed by atoms with E-state index >= 15 is 0 Å². The lowest BCUT2D eigenvalue weighted by Gasteiger charge is -2.34. The van der Waals surface area contributed by atoms with Gasteiger partial charge in [0.15, 0.2) is 0 Å². The number of aliphatic imine (C=N–C) groups is 1. The molecule has 6 rings (SSSR count). The van der Waals surface area contributed by atoms with Crippen molar-refractivity contribution in [2.45, 2.75) is 34.2 Å². The summed E-state index contributed by atoms with van der Waals surface area (Å²) < 4.78 is 0. The third-order valence-corrected chi connectivity index (χ3v) is 7.49. The molecule has 1 aliphatic heterocycles. The quantitative estimate of drug-likeness (QED) is 0.166. The van der Waals surface area contributed by atoms with E-state index < -0.39 is 0 Å². The molecule has 0 bridgehead atoms. The molecule has 1 aliphatic rings. The number of anilines is 2. The van der Waals surface area contributed by atoms with Gasteiger partial charge in [-0.15, -0.1) is 0 Å². The number of rotatable bonds is 5. The lowest BCUT2D eigenvalue weighted by atomic mass is 9.87. The smallest absolute Gasteiger partial charge is 0.0859 e. The van der Waals surface area contributed by atoms with Crippen LogP contribution in [0.15, 0.2) is 126 Å². The summed E-state index contributed by atoms with van der Waals surface area (Å²) in [5, 5.41) is 2.56. The normalized spacial score (nSPS) is 12.5. The van der Waals surface area contributed by atoms with Crippen molar-refractivity contribution in [1.29, 1.82) is 0 Å². The van der Waals surface area contributed by atoms with E-state index in [0.29, 0.717) is 0 Å². The maximum Gasteiger partial charge on any atom is 0.0859 e. The zero-order valence-corrected chi connectivity index (χ0v) is 23.9. The van der Waals surface area contributed by atoms with E-state index in [9.17, 15) is 0 Å². The van der Waals surface area contributed by atoms with Crippen molar-refractivity contribution in [3.05, 3.63) is 132 Å². The molecule has 2 heteroatoms. The van der Waals surface area contributed by atoms with Crippen LogP contribution in [0, 0.1) is 0 Å². The molecule has 0 atom stereocenters. The largest absolute Gasteiger partial charge is 0.335 e. The molecule has 0 N–H and O–H groups in total. The fourth-order valence-corrected chi connectivity index (χ4v) is 5.60. The minimum Gasteiger partial charge on any atom is -0.335 e. The van der Waals surface area contributed by atoms with Gasteiger partial charge in [0.1, 0.15) is 0 Å². The number of fused-ring (bicyclic) bond motifs is 5. The highest BCUT2D eigenvalue weighted by Crippen LogP contribution is 2.48. The van der Waals surface area contributed by atoms with Gasteiger partial charge < -0.3 is 4.90 Å². The van der Waals surface area contributed by atoms with Crippen LogP contribution in [0.2, 0.25) is 0 Å². The number of hydrogen-bond donors (Lipinski definition) is 0. The second-order valence-corrected chi connectivity index (χ2v) is 9.60. The number of hydrogen-bond acceptors (Lipinski definition) is 2. The Kier molecular flexibility index (Phi) is 8.07. The first-order chi connectivity index (χ1) is 19.7. The molecule has 5 aromatic carbocycles. The van der Waals surface area contributed by atoms with Crippen molar-refractivity contribution in [2.75, 3.05) is 4.90 Å². The van der Waals surface area contributed by atoms with E-state index in [1.807, 2.05) is 26.0 Å². The molecular formula is C38H36N2. The SMILES string of the molecule is C=Nc1ccccc1N1Cc2c(ccc3ccccc23)-c2cc(-c3ccc(C(/C=C\C)=C/C)cc3)ccc21.CC. The third kappa shape index (κ3) is 4.89. The van der Waals surface area contributed by atoms with Gasteiger partial charge in [-0.3, -0.25) is 4.99 Å². The molecule has 198 valence electrons. The van der Waals surface area contributed by atoms with Crippen molar-refractivity contribution in [2.24, 2.45) is 4.99 Å². The molecular weight excluding hydrogens is 484 g/mol. The fourth-order valence-electron chi connectivity index (χ4n) is 5.60. The summed E-state index contributed by atoms with van der Waals surface area (Å²) in [5.74, 6) is 0. The second kappa shape index (κ2) is 12.0. The number of para-hydroxylation sites is 2. The summed E-state index contributed by atoms with van der Waals surface area (Å²) in [6, 6.07) is 37.2. The molecule has 0 aromatic heterocycles. The molecule has 0 radical (unpaired) electrons. The van der Waals surface area contributed by atoms with Gasteiger partial charge in [0.2, 0.25) is 0 Å². The summed E-state index contributed by atoms with van der Waals surface area (Å²) in [5.41, 5.74) is 11.9. The predicted molar refractivity (Wildman–Crippen MR) is 176 cm³/mol. The van der Waals surface area contributed by atoms with Crippen LogP contribution < -0.4 is 4.90 Å². The summed E-state index contributed by atoms with van der Waals surface area (Å²) >= 11 is 0. The Balaban J connectivity index is 0.00000158. The molecule has 0 saturated heterocycles. The molecule has 0 fully saturated rings. The van der Waals surface area contributed by atoms with Gasteiger partial charge in [-0.05, 0) is 89.0 Å². The molecule has 40 heavy (non-hydrogen) atoms. The summed E-state index contributed by atoms with van der Waals surface area (Å²) in [6.45, 7) is 12.8. The Bertz CT molecular complexity index is 1720. The lowest BCUT2D eigenvalue weighted by molar-refractivity contribution is 0.970. The molecule has 0 aliphatic carbocycles. The third-order valence-electron chi connectivity index (χ3n) is 7.49. The molecule has 0 unspecified atom stereocenters. The van der Waals surface area contributed by atoms with Crippen LogP contribution in [0.1, 0.15) is 38.8 Å². The van der Waals surface area contributed by atoms with Crippen LogP contribution >= 0.6 is 0 Å². The van der Waals surface area contributed by atoms with E-state index in [1.165, 1.54) is 55.4 Å². The van der Waals surface area contributed by atoms with Gasteiger partial charge in [0.05, 0.1) is 11.4 Å². The van der Waals surface area contributed by atoms with Crippen LogP contribution in [0.4, 0.5) is 17.1 Å². The van der Waals surface area contributed by atoms with Crippen molar-refractivity contribution in [3.8, 4) is 22.3 Å². The fraction of sp³-hybridized carbons (Fsp3) is 0.132. The first kappa shape index (κ1) is 26.9. The van der Waals surface area contributed by atoms with Crippen molar-refractivity contribution in [1.82, 2.24) is 0 Å². The first-order valence-corrected chi connectivity index (χ1v) is 14.1. The Morgan fingerprint density at radius 3 is 2.23 bits per heavy atom. The topological polar surface area (TPSA) is 15.6 Å². The van der Waals surface area contributed by atoms with Gasteiger partial charge in [0, 0.05) is 17.8 Å². The van der Waals surface area contributed by atoms with Crippen LogP contribution in [0.3, 0.4) is 0 Å². The van der Waals surface area contributed by atoms with Gasteiger partial charge in [-0.25, -0.2) is 0 Å². The van der Waals surface area contributed by atoms with Crippen molar-refractivity contribution in [3.63, 3.8) is 0 Å². The van der Waals surface area contributed by atoms with Crippen LogP contribution in [0.5, 0.6) is 0 Å². The average molecular weight is 521 g/mol. The number of benzene rings is 5. The molecule has 0 amide bonds. The molecule has 5 aromatic rings. The van der Waals surface area contributed by atoms with Gasteiger partial charge >= 0.3 is 0 Å². The highest BCUT2D eigenvalue weighted by molar-refractivity contribution is 5.99. The zero-order chi connectivity index (χ0) is 28.1. The Morgan fingerprint density at radius 2 is 1.48 bits per heavy atom. The van der Waals surface area contributed by atoms with Crippen LogP contribution in [0.25, 0.3) is 38.6 Å². The summed E-state index contributed by atoms with van der Waals surface area (Å²) in [7, 11) is 0. The molecule has 0 saturated carbocycles. The first-order valence-electron chi connectivity index (χ1n) is 14.1. The molecule has 1 heterocycles. The van der Waals surface area contributed by atoms with Crippen molar-refractivity contribution < 1.29 is 0 Å². The van der Waals surface area contributed by atoms with E-state index in [1.54, 1.807) is 0 Å². The van der Waals surface area contributed by atoms with E-state index in [-0.39, 0.29) is 0 Å². The average Bonchev–Trinajstić information content (AvgIpc) is 3.03. The van der Waals surface area contributed by atoms with Crippen LogP contribution in [-0.4, -0.2) is 6.72 Å². The van der Waals surface area contributed by atoms with Crippen molar-refractivity contribution >= 4 is 40.1 Å². The molecule has 2 nitrogen and oxygen atoms in total. The lowest BCUT2D eigenvalue weighted by Crippen LogP contribution is -2.22. The van der Waals surface area contributed by atoms with Gasteiger partial charge in [0.25, 0.3) is 0 Å². The Hall–Kier alpha value is -4.69. The van der Waals surface area contributed by atoms with Crippen LogP contribution in [-0.2, 0) is 6.54 Å². The standard InChI is InChI=1S/C36H30N2.C2H6/c1-4-10-25(5-2)26-15-17-27(18-16-26)29-20-22-35-32(23-29)31-21-19-28-11-6-7-12-30(28)33(31)24-38(35)36-14-9-8-13-34(36)37-3;1-2/h4-23H,3,24H2,1-2H3;1-2H3/b10-4-,25-5+;. The highest BCUT2D eigenvalue weighted by atomic mass is 15.2. The van der Waals surface area contributed by atoms with E-state index in [4.69, 9.17) is 0 Å². The predicted octanol–water partition coefficient (Wildman–Crippen LogP) is 11.2. The Morgan fingerprint density at radius 1 is 0.750 bits per heavy atom. The number of allylic oxidation sites excluding steroid dienone is 4. The minimum absolute atomic E-state index is 0.779.